The molecule has 2 aliphatic rings. The lowest BCUT2D eigenvalue weighted by Crippen LogP contribution is -2.35. The average Bonchev–Trinajstić information content (AvgIpc) is 2.99. The lowest BCUT2D eigenvalue weighted by molar-refractivity contribution is 0.220. The van der Waals surface area contributed by atoms with Crippen LogP contribution >= 0.6 is 0 Å². The molecule has 0 saturated carbocycles. The highest BCUT2D eigenvalue weighted by atomic mass is 16.2. The number of likely N-dealkylation sites (tertiary alicyclic amines) is 1. The summed E-state index contributed by atoms with van der Waals surface area (Å²) in [5, 5.41) is 8.78. The van der Waals surface area contributed by atoms with E-state index in [0.717, 1.165) is 42.6 Å². The minimum Gasteiger partial charge on any atom is -0.324 e. The number of nitrogens with one attached hydrogen (secondary N) is 2. The molecular formula is C18H21N3O. The van der Waals surface area contributed by atoms with Crippen LogP contribution in [0.3, 0.4) is 0 Å². The van der Waals surface area contributed by atoms with Crippen LogP contribution in [-0.2, 0) is 0 Å². The van der Waals surface area contributed by atoms with Crippen molar-refractivity contribution in [3.05, 3.63) is 42.5 Å². The molecule has 2 fully saturated rings. The second-order valence-corrected chi connectivity index (χ2v) is 6.37. The van der Waals surface area contributed by atoms with Crippen molar-refractivity contribution in [1.29, 1.82) is 0 Å². The fraction of sp³-hybridized carbons (Fsp3) is 0.389. The van der Waals surface area contributed by atoms with Crippen molar-refractivity contribution in [1.82, 2.24) is 10.2 Å². The molecule has 4 nitrogen and oxygen atoms in total. The fourth-order valence-corrected chi connectivity index (χ4v) is 3.77. The number of rotatable bonds is 1. The zero-order valence-electron chi connectivity index (χ0n) is 12.6. The zero-order chi connectivity index (χ0) is 14.9. The van der Waals surface area contributed by atoms with Crippen molar-refractivity contribution in [2.75, 3.05) is 31.5 Å². The van der Waals surface area contributed by atoms with Crippen LogP contribution in [0.25, 0.3) is 10.8 Å². The molecule has 4 heteroatoms. The Labute approximate surface area is 130 Å². The summed E-state index contributed by atoms with van der Waals surface area (Å²) in [6.45, 7) is 3.89. The van der Waals surface area contributed by atoms with Gasteiger partial charge in [0.05, 0.1) is 5.69 Å². The predicted molar refractivity (Wildman–Crippen MR) is 89.0 cm³/mol. The molecule has 22 heavy (non-hydrogen) atoms. The van der Waals surface area contributed by atoms with Gasteiger partial charge in [-0.25, -0.2) is 4.79 Å². The van der Waals surface area contributed by atoms with Crippen molar-refractivity contribution in [3.8, 4) is 0 Å². The van der Waals surface area contributed by atoms with Crippen molar-refractivity contribution < 1.29 is 4.79 Å². The van der Waals surface area contributed by atoms with Crippen molar-refractivity contribution >= 4 is 22.5 Å². The van der Waals surface area contributed by atoms with Crippen molar-refractivity contribution in [2.24, 2.45) is 11.8 Å². The number of hydrogen-bond donors (Lipinski definition) is 2. The second-order valence-electron chi connectivity index (χ2n) is 6.37. The Hall–Kier alpha value is -2.07. The van der Waals surface area contributed by atoms with Gasteiger partial charge in [-0.3, -0.25) is 0 Å². The summed E-state index contributed by atoms with van der Waals surface area (Å²) in [6.07, 6.45) is 1.18. The standard InChI is InChI=1S/C18H21N3O/c22-18(21-11-14-8-9-19-10-15(14)12-21)20-17-7-3-5-13-4-1-2-6-16(13)17/h1-7,14-15,19H,8-12H2,(H,20,22). The summed E-state index contributed by atoms with van der Waals surface area (Å²) in [6, 6.07) is 14.2. The van der Waals surface area contributed by atoms with E-state index >= 15 is 0 Å². The largest absolute Gasteiger partial charge is 0.324 e. The van der Waals surface area contributed by atoms with E-state index in [1.54, 1.807) is 0 Å². The molecule has 2 unspecified atom stereocenters. The third kappa shape index (κ3) is 2.44. The predicted octanol–water partition coefficient (Wildman–Crippen LogP) is 2.91. The number of hydrogen-bond acceptors (Lipinski definition) is 2. The van der Waals surface area contributed by atoms with E-state index in [2.05, 4.69) is 28.8 Å². The highest BCUT2D eigenvalue weighted by molar-refractivity contribution is 6.01. The summed E-state index contributed by atoms with van der Waals surface area (Å²) in [7, 11) is 0. The highest BCUT2D eigenvalue weighted by Crippen LogP contribution is 2.29. The number of fused-ring (bicyclic) bond motifs is 2. The van der Waals surface area contributed by atoms with Crippen LogP contribution in [0, 0.1) is 11.8 Å². The van der Waals surface area contributed by atoms with Gasteiger partial charge in [0.2, 0.25) is 0 Å². The van der Waals surface area contributed by atoms with Gasteiger partial charge in [0.15, 0.2) is 0 Å². The Bertz CT molecular complexity index is 680. The van der Waals surface area contributed by atoms with E-state index in [9.17, 15) is 4.79 Å². The third-order valence-corrected chi connectivity index (χ3v) is 4.99. The summed E-state index contributed by atoms with van der Waals surface area (Å²) in [5.74, 6) is 1.28. The van der Waals surface area contributed by atoms with E-state index in [-0.39, 0.29) is 6.03 Å². The summed E-state index contributed by atoms with van der Waals surface area (Å²) in [5.41, 5.74) is 0.899. The second kappa shape index (κ2) is 5.61. The van der Waals surface area contributed by atoms with Crippen LogP contribution in [0.5, 0.6) is 0 Å². The number of urea groups is 1. The lowest BCUT2D eigenvalue weighted by atomic mass is 9.90. The molecule has 0 bridgehead atoms. The molecular weight excluding hydrogens is 274 g/mol. The molecule has 2 N–H and O–H groups in total. The maximum atomic E-state index is 12.6. The smallest absolute Gasteiger partial charge is 0.321 e. The Balaban J connectivity index is 1.52. The van der Waals surface area contributed by atoms with Gasteiger partial charge >= 0.3 is 6.03 Å². The quantitative estimate of drug-likeness (QED) is 0.849. The number of benzene rings is 2. The minimum absolute atomic E-state index is 0.0331. The molecule has 2 aliphatic heterocycles. The monoisotopic (exact) mass is 295 g/mol. The van der Waals surface area contributed by atoms with Crippen LogP contribution in [0.15, 0.2) is 42.5 Å². The molecule has 2 amide bonds. The molecule has 0 radical (unpaired) electrons. The van der Waals surface area contributed by atoms with Gasteiger partial charge in [0, 0.05) is 18.5 Å². The van der Waals surface area contributed by atoms with E-state index in [0.29, 0.717) is 11.8 Å². The van der Waals surface area contributed by atoms with Gasteiger partial charge in [-0.05, 0) is 42.8 Å². The summed E-state index contributed by atoms with van der Waals surface area (Å²) < 4.78 is 0. The number of piperidine rings is 1. The Morgan fingerprint density at radius 1 is 1.09 bits per heavy atom. The first kappa shape index (κ1) is 13.6. The molecule has 0 aromatic heterocycles. The SMILES string of the molecule is O=C(Nc1cccc2ccccc12)N1CC2CCNCC2C1. The molecule has 2 aromatic rings. The minimum atomic E-state index is 0.0331. The maximum absolute atomic E-state index is 12.6. The molecule has 2 aromatic carbocycles. The first-order chi connectivity index (χ1) is 10.8. The van der Waals surface area contributed by atoms with E-state index < -0.39 is 0 Å². The lowest BCUT2D eigenvalue weighted by Gasteiger charge is -2.23. The number of carbonyl (C=O) groups is 1. The third-order valence-electron chi connectivity index (χ3n) is 4.99. The van der Waals surface area contributed by atoms with Crippen LogP contribution in [0.4, 0.5) is 10.5 Å². The Morgan fingerprint density at radius 2 is 1.91 bits per heavy atom. The fourth-order valence-electron chi connectivity index (χ4n) is 3.77. The van der Waals surface area contributed by atoms with Gasteiger partial charge in [-0.15, -0.1) is 0 Å². The topological polar surface area (TPSA) is 44.4 Å². The number of amides is 2. The van der Waals surface area contributed by atoms with Crippen LogP contribution in [0.1, 0.15) is 6.42 Å². The molecule has 4 rings (SSSR count). The van der Waals surface area contributed by atoms with Gasteiger partial charge in [-0.1, -0.05) is 36.4 Å². The summed E-state index contributed by atoms with van der Waals surface area (Å²) >= 11 is 0. The number of anilines is 1. The number of nitrogens with zero attached hydrogens (tertiary/aromatic N) is 1. The molecule has 0 aliphatic carbocycles. The van der Waals surface area contributed by atoms with Gasteiger partial charge < -0.3 is 15.5 Å². The van der Waals surface area contributed by atoms with Crippen LogP contribution < -0.4 is 10.6 Å². The highest BCUT2D eigenvalue weighted by Gasteiger charge is 2.36. The van der Waals surface area contributed by atoms with Crippen molar-refractivity contribution in [2.45, 2.75) is 6.42 Å². The normalized spacial score (nSPS) is 24.3. The van der Waals surface area contributed by atoms with E-state index in [1.165, 1.54) is 6.42 Å². The molecule has 2 heterocycles. The average molecular weight is 295 g/mol. The van der Waals surface area contributed by atoms with Gasteiger partial charge in [0.1, 0.15) is 0 Å². The van der Waals surface area contributed by atoms with Gasteiger partial charge in [-0.2, -0.15) is 0 Å². The van der Waals surface area contributed by atoms with Gasteiger partial charge in [0.25, 0.3) is 0 Å². The first-order valence-electron chi connectivity index (χ1n) is 8.05. The molecule has 0 spiro atoms. The zero-order valence-corrected chi connectivity index (χ0v) is 12.6. The molecule has 2 atom stereocenters. The molecule has 114 valence electrons. The van der Waals surface area contributed by atoms with E-state index in [4.69, 9.17) is 0 Å². The van der Waals surface area contributed by atoms with Crippen molar-refractivity contribution in [3.63, 3.8) is 0 Å². The maximum Gasteiger partial charge on any atom is 0.321 e. The number of carbonyl (C=O) groups excluding carboxylic acids is 1. The van der Waals surface area contributed by atoms with Crippen LogP contribution in [-0.4, -0.2) is 37.1 Å². The Kier molecular flexibility index (Phi) is 3.47. The van der Waals surface area contributed by atoms with E-state index in [1.807, 2.05) is 29.2 Å². The molecule has 2 saturated heterocycles. The first-order valence-corrected chi connectivity index (χ1v) is 8.05. The summed E-state index contributed by atoms with van der Waals surface area (Å²) in [4.78, 5) is 14.6. The Morgan fingerprint density at radius 3 is 2.82 bits per heavy atom. The van der Waals surface area contributed by atoms with Crippen LogP contribution in [0.2, 0.25) is 0 Å².